The number of carbonyl (C=O) groups excluding carboxylic acids is 1. The summed E-state index contributed by atoms with van der Waals surface area (Å²) in [6.07, 6.45) is 3.85. The second-order valence-corrected chi connectivity index (χ2v) is 6.94. The molecule has 0 saturated carbocycles. The predicted octanol–water partition coefficient (Wildman–Crippen LogP) is 1.36. The Morgan fingerprint density at radius 3 is 2.86 bits per heavy atom. The summed E-state index contributed by atoms with van der Waals surface area (Å²) in [6.45, 7) is 5.19. The van der Waals surface area contributed by atoms with Crippen LogP contribution in [0.3, 0.4) is 0 Å². The number of aromatic nitrogens is 2. The van der Waals surface area contributed by atoms with Crippen LogP contribution in [0.15, 0.2) is 0 Å². The summed E-state index contributed by atoms with van der Waals surface area (Å²) in [5, 5.41) is 13.4. The van der Waals surface area contributed by atoms with E-state index >= 15 is 0 Å². The lowest BCUT2D eigenvalue weighted by Crippen LogP contribution is -2.47. The molecule has 1 amide bonds. The average molecular weight is 310 g/mol. The fourth-order valence-corrected chi connectivity index (χ4v) is 3.66. The van der Waals surface area contributed by atoms with E-state index in [2.05, 4.69) is 20.4 Å². The third-order valence-electron chi connectivity index (χ3n) is 4.15. The van der Waals surface area contributed by atoms with Crippen molar-refractivity contribution in [3.05, 3.63) is 5.01 Å². The zero-order valence-electron chi connectivity index (χ0n) is 12.4. The minimum absolute atomic E-state index is 0.0609. The molecule has 21 heavy (non-hydrogen) atoms. The van der Waals surface area contributed by atoms with Gasteiger partial charge < -0.3 is 15.0 Å². The van der Waals surface area contributed by atoms with E-state index in [-0.39, 0.29) is 17.9 Å². The number of amides is 1. The molecule has 1 N–H and O–H groups in total. The van der Waals surface area contributed by atoms with E-state index in [1.54, 1.807) is 11.3 Å². The summed E-state index contributed by atoms with van der Waals surface area (Å²) < 4.78 is 5.33. The molecule has 1 atom stereocenters. The fourth-order valence-electron chi connectivity index (χ4n) is 2.94. The van der Waals surface area contributed by atoms with Crippen LogP contribution in [0.25, 0.3) is 0 Å². The van der Waals surface area contributed by atoms with Crippen molar-refractivity contribution >= 4 is 22.4 Å². The van der Waals surface area contributed by atoms with Crippen LogP contribution in [-0.2, 0) is 9.53 Å². The SMILES string of the molecule is Cc1nnc(N2CCCC(C(=O)NC3CCOCC3)C2)s1. The Hall–Kier alpha value is -1.21. The molecular formula is C14H22N4O2S. The molecule has 2 saturated heterocycles. The largest absolute Gasteiger partial charge is 0.381 e. The van der Waals surface area contributed by atoms with Gasteiger partial charge in [0.05, 0.1) is 5.92 Å². The molecular weight excluding hydrogens is 288 g/mol. The van der Waals surface area contributed by atoms with Gasteiger partial charge in [0.15, 0.2) is 0 Å². The van der Waals surface area contributed by atoms with E-state index in [0.29, 0.717) is 0 Å². The van der Waals surface area contributed by atoms with Crippen molar-refractivity contribution in [3.63, 3.8) is 0 Å². The second-order valence-electron chi connectivity index (χ2n) is 5.78. The molecule has 3 heterocycles. The predicted molar refractivity (Wildman–Crippen MR) is 81.6 cm³/mol. The topological polar surface area (TPSA) is 67.4 Å². The van der Waals surface area contributed by atoms with E-state index in [9.17, 15) is 4.79 Å². The molecule has 1 aromatic rings. The molecule has 0 aromatic carbocycles. The monoisotopic (exact) mass is 310 g/mol. The molecule has 116 valence electrons. The first-order valence-corrected chi connectivity index (χ1v) is 8.47. The number of rotatable bonds is 3. The smallest absolute Gasteiger partial charge is 0.225 e. The molecule has 0 bridgehead atoms. The lowest BCUT2D eigenvalue weighted by molar-refractivity contribution is -0.126. The normalized spacial score (nSPS) is 24.0. The van der Waals surface area contributed by atoms with Crippen LogP contribution in [0.4, 0.5) is 5.13 Å². The Morgan fingerprint density at radius 1 is 1.33 bits per heavy atom. The van der Waals surface area contributed by atoms with Gasteiger partial charge in [-0.3, -0.25) is 4.79 Å². The van der Waals surface area contributed by atoms with Gasteiger partial charge in [-0.15, -0.1) is 10.2 Å². The molecule has 0 radical (unpaired) electrons. The number of hydrogen-bond donors (Lipinski definition) is 1. The fraction of sp³-hybridized carbons (Fsp3) is 0.786. The summed E-state index contributed by atoms with van der Waals surface area (Å²) in [5.74, 6) is 0.249. The minimum atomic E-state index is 0.0609. The van der Waals surface area contributed by atoms with Crippen molar-refractivity contribution in [1.82, 2.24) is 15.5 Å². The Labute approximate surface area is 128 Å². The Bertz CT molecular complexity index is 487. The molecule has 6 nitrogen and oxygen atoms in total. The van der Waals surface area contributed by atoms with Gasteiger partial charge in [0.1, 0.15) is 5.01 Å². The van der Waals surface area contributed by atoms with Crippen molar-refractivity contribution in [1.29, 1.82) is 0 Å². The highest BCUT2D eigenvalue weighted by Gasteiger charge is 2.29. The van der Waals surface area contributed by atoms with Gasteiger partial charge in [-0.2, -0.15) is 0 Å². The molecule has 1 aromatic heterocycles. The quantitative estimate of drug-likeness (QED) is 0.913. The first-order chi connectivity index (χ1) is 10.2. The zero-order valence-corrected chi connectivity index (χ0v) is 13.2. The molecule has 2 fully saturated rings. The number of ether oxygens (including phenoxy) is 1. The maximum atomic E-state index is 12.4. The van der Waals surface area contributed by atoms with Gasteiger partial charge in [0.2, 0.25) is 11.0 Å². The zero-order chi connectivity index (χ0) is 14.7. The lowest BCUT2D eigenvalue weighted by Gasteiger charge is -2.33. The van der Waals surface area contributed by atoms with Crippen LogP contribution in [0.1, 0.15) is 30.7 Å². The third kappa shape index (κ3) is 3.71. The van der Waals surface area contributed by atoms with Crippen molar-refractivity contribution < 1.29 is 9.53 Å². The van der Waals surface area contributed by atoms with Crippen molar-refractivity contribution in [2.45, 2.75) is 38.6 Å². The summed E-state index contributed by atoms with van der Waals surface area (Å²) in [6, 6.07) is 0.283. The molecule has 2 aliphatic heterocycles. The molecule has 3 rings (SSSR count). The van der Waals surface area contributed by atoms with Crippen LogP contribution < -0.4 is 10.2 Å². The number of hydrogen-bond acceptors (Lipinski definition) is 6. The van der Waals surface area contributed by atoms with Crippen LogP contribution in [0, 0.1) is 12.8 Å². The summed E-state index contributed by atoms with van der Waals surface area (Å²) >= 11 is 1.60. The summed E-state index contributed by atoms with van der Waals surface area (Å²) in [7, 11) is 0. The second kappa shape index (κ2) is 6.70. The van der Waals surface area contributed by atoms with Crippen LogP contribution >= 0.6 is 11.3 Å². The average Bonchev–Trinajstić information content (AvgIpc) is 2.95. The highest BCUT2D eigenvalue weighted by molar-refractivity contribution is 7.15. The van der Waals surface area contributed by atoms with Gasteiger partial charge in [0.25, 0.3) is 0 Å². The molecule has 1 unspecified atom stereocenters. The highest BCUT2D eigenvalue weighted by Crippen LogP contribution is 2.26. The maximum Gasteiger partial charge on any atom is 0.225 e. The molecule has 7 heteroatoms. The Balaban J connectivity index is 1.56. The number of anilines is 1. The summed E-state index contributed by atoms with van der Waals surface area (Å²) in [4.78, 5) is 14.6. The first-order valence-electron chi connectivity index (χ1n) is 7.65. The number of piperidine rings is 1. The van der Waals surface area contributed by atoms with E-state index in [4.69, 9.17) is 4.74 Å². The molecule has 2 aliphatic rings. The third-order valence-corrected chi connectivity index (χ3v) is 5.05. The number of carbonyl (C=O) groups is 1. The highest BCUT2D eigenvalue weighted by atomic mass is 32.1. The van der Waals surface area contributed by atoms with Gasteiger partial charge in [-0.25, -0.2) is 0 Å². The van der Waals surface area contributed by atoms with Crippen molar-refractivity contribution in [2.75, 3.05) is 31.2 Å². The van der Waals surface area contributed by atoms with Crippen LogP contribution in [0.5, 0.6) is 0 Å². The van der Waals surface area contributed by atoms with Crippen molar-refractivity contribution in [3.8, 4) is 0 Å². The molecule has 0 aliphatic carbocycles. The number of nitrogens with one attached hydrogen (secondary N) is 1. The van der Waals surface area contributed by atoms with Gasteiger partial charge >= 0.3 is 0 Å². The van der Waals surface area contributed by atoms with E-state index < -0.39 is 0 Å². The Morgan fingerprint density at radius 2 is 2.14 bits per heavy atom. The van der Waals surface area contributed by atoms with Crippen LogP contribution in [-0.4, -0.2) is 48.4 Å². The first kappa shape index (κ1) is 14.7. The summed E-state index contributed by atoms with van der Waals surface area (Å²) in [5.41, 5.74) is 0. The maximum absolute atomic E-state index is 12.4. The van der Waals surface area contributed by atoms with Crippen molar-refractivity contribution in [2.24, 2.45) is 5.92 Å². The van der Waals surface area contributed by atoms with Gasteiger partial charge in [0, 0.05) is 32.3 Å². The lowest BCUT2D eigenvalue weighted by atomic mass is 9.96. The number of nitrogens with zero attached hydrogens (tertiary/aromatic N) is 3. The number of aryl methyl sites for hydroxylation is 1. The van der Waals surface area contributed by atoms with Gasteiger partial charge in [-0.05, 0) is 32.6 Å². The van der Waals surface area contributed by atoms with E-state index in [1.807, 2.05) is 6.92 Å². The van der Waals surface area contributed by atoms with E-state index in [0.717, 1.165) is 62.1 Å². The Kier molecular flexibility index (Phi) is 4.70. The molecule has 0 spiro atoms. The van der Waals surface area contributed by atoms with Gasteiger partial charge in [-0.1, -0.05) is 11.3 Å². The van der Waals surface area contributed by atoms with E-state index in [1.165, 1.54) is 0 Å². The van der Waals surface area contributed by atoms with Crippen LogP contribution in [0.2, 0.25) is 0 Å². The minimum Gasteiger partial charge on any atom is -0.381 e. The standard InChI is InChI=1S/C14H22N4O2S/c1-10-16-17-14(21-10)18-6-2-3-11(9-18)13(19)15-12-4-7-20-8-5-12/h11-12H,2-9H2,1H3,(H,15,19).